The van der Waals surface area contributed by atoms with Gasteiger partial charge in [0, 0.05) is 30.3 Å². The summed E-state index contributed by atoms with van der Waals surface area (Å²) >= 11 is 1.94. The number of hydrogen-bond acceptors (Lipinski definition) is 5. The lowest BCUT2D eigenvalue weighted by Crippen LogP contribution is -2.53. The highest BCUT2D eigenvalue weighted by atomic mass is 32.2. The summed E-state index contributed by atoms with van der Waals surface area (Å²) in [6, 6.07) is 1.75. The third-order valence-corrected chi connectivity index (χ3v) is 5.24. The number of nitrogens with one attached hydrogen (secondary N) is 1. The Labute approximate surface area is 130 Å². The maximum Gasteiger partial charge on any atom is 0.273 e. The molecular weight excluding hydrogens is 286 g/mol. The molecule has 1 N–H and O–H groups in total. The molecule has 1 fully saturated rings. The summed E-state index contributed by atoms with van der Waals surface area (Å²) < 4.78 is 5.22. The van der Waals surface area contributed by atoms with Crippen LogP contribution < -0.4 is 5.32 Å². The van der Waals surface area contributed by atoms with Crippen molar-refractivity contribution in [3.63, 3.8) is 0 Å². The molecule has 118 valence electrons. The van der Waals surface area contributed by atoms with E-state index in [0.717, 1.165) is 30.1 Å². The summed E-state index contributed by atoms with van der Waals surface area (Å²) in [5, 5.41) is 6.89. The second-order valence-electron chi connectivity index (χ2n) is 6.38. The molecule has 1 aliphatic rings. The maximum atomic E-state index is 12.2. The SMILES string of the molecule is CC(C)Cc1cc(C(=O)NCC2(N(C)C)CCSC2)no1. The van der Waals surface area contributed by atoms with E-state index in [0.29, 0.717) is 18.2 Å². The Hall–Kier alpha value is -1.01. The quantitative estimate of drug-likeness (QED) is 0.871. The Balaban J connectivity index is 1.93. The molecule has 1 amide bonds. The van der Waals surface area contributed by atoms with Gasteiger partial charge >= 0.3 is 0 Å². The first kappa shape index (κ1) is 16.4. The van der Waals surface area contributed by atoms with Crippen LogP contribution >= 0.6 is 11.8 Å². The van der Waals surface area contributed by atoms with Gasteiger partial charge in [0.25, 0.3) is 5.91 Å². The van der Waals surface area contributed by atoms with E-state index in [4.69, 9.17) is 4.52 Å². The van der Waals surface area contributed by atoms with E-state index < -0.39 is 0 Å². The lowest BCUT2D eigenvalue weighted by atomic mass is 9.97. The number of nitrogens with zero attached hydrogens (tertiary/aromatic N) is 2. The molecule has 0 bridgehead atoms. The minimum absolute atomic E-state index is 0.0603. The number of carbonyl (C=O) groups is 1. The number of rotatable bonds is 6. The molecule has 0 radical (unpaired) electrons. The van der Waals surface area contributed by atoms with Crippen LogP contribution in [0.25, 0.3) is 0 Å². The molecule has 2 rings (SSSR count). The van der Waals surface area contributed by atoms with Gasteiger partial charge in [-0.1, -0.05) is 19.0 Å². The van der Waals surface area contributed by atoms with Gasteiger partial charge in [-0.05, 0) is 32.2 Å². The molecule has 1 aromatic heterocycles. The lowest BCUT2D eigenvalue weighted by molar-refractivity contribution is 0.0905. The number of likely N-dealkylation sites (N-methyl/N-ethyl adjacent to an activating group) is 1. The molecule has 5 nitrogen and oxygen atoms in total. The molecule has 0 spiro atoms. The van der Waals surface area contributed by atoms with Crippen molar-refractivity contribution in [3.8, 4) is 0 Å². The van der Waals surface area contributed by atoms with Crippen LogP contribution in [0.15, 0.2) is 10.6 Å². The smallest absolute Gasteiger partial charge is 0.273 e. The standard InChI is InChI=1S/C15H25N3O2S/c1-11(2)7-12-8-13(17-20-12)14(19)16-9-15(18(3)4)5-6-21-10-15/h8,11H,5-7,9-10H2,1-4H3,(H,16,19). The topological polar surface area (TPSA) is 58.4 Å². The fourth-order valence-corrected chi connectivity index (χ4v) is 4.05. The van der Waals surface area contributed by atoms with Crippen LogP contribution in [-0.4, -0.2) is 53.6 Å². The molecule has 21 heavy (non-hydrogen) atoms. The summed E-state index contributed by atoms with van der Waals surface area (Å²) in [5.41, 5.74) is 0.440. The molecule has 2 heterocycles. The average molecular weight is 311 g/mol. The van der Waals surface area contributed by atoms with E-state index in [1.807, 2.05) is 11.8 Å². The fraction of sp³-hybridized carbons (Fsp3) is 0.733. The minimum atomic E-state index is -0.146. The van der Waals surface area contributed by atoms with E-state index >= 15 is 0 Å². The molecule has 1 aromatic rings. The van der Waals surface area contributed by atoms with Gasteiger partial charge in [-0.2, -0.15) is 11.8 Å². The summed E-state index contributed by atoms with van der Waals surface area (Å²) in [7, 11) is 4.16. The Bertz CT molecular complexity index is 479. The second kappa shape index (κ2) is 6.83. The monoisotopic (exact) mass is 311 g/mol. The molecule has 0 saturated carbocycles. The maximum absolute atomic E-state index is 12.2. The van der Waals surface area contributed by atoms with Crippen LogP contribution in [0.2, 0.25) is 0 Å². The first-order valence-corrected chi connectivity index (χ1v) is 8.57. The zero-order chi connectivity index (χ0) is 15.5. The van der Waals surface area contributed by atoms with Crippen molar-refractivity contribution in [3.05, 3.63) is 17.5 Å². The van der Waals surface area contributed by atoms with Crippen molar-refractivity contribution in [1.82, 2.24) is 15.4 Å². The number of hydrogen-bond donors (Lipinski definition) is 1. The van der Waals surface area contributed by atoms with E-state index in [9.17, 15) is 4.79 Å². The first-order valence-electron chi connectivity index (χ1n) is 7.42. The highest BCUT2D eigenvalue weighted by molar-refractivity contribution is 7.99. The molecule has 1 aliphatic heterocycles. The molecule has 0 aromatic carbocycles. The van der Waals surface area contributed by atoms with Crippen LogP contribution in [0, 0.1) is 5.92 Å². The summed E-state index contributed by atoms with van der Waals surface area (Å²) in [6.45, 7) is 4.87. The van der Waals surface area contributed by atoms with Crippen LogP contribution in [0.1, 0.15) is 36.5 Å². The number of thioether (sulfide) groups is 1. The minimum Gasteiger partial charge on any atom is -0.361 e. The van der Waals surface area contributed by atoms with Crippen LogP contribution in [-0.2, 0) is 6.42 Å². The Morgan fingerprint density at radius 3 is 2.90 bits per heavy atom. The second-order valence-corrected chi connectivity index (χ2v) is 7.49. The van der Waals surface area contributed by atoms with Crippen molar-refractivity contribution in [2.45, 2.75) is 32.2 Å². The van der Waals surface area contributed by atoms with Crippen LogP contribution in [0.3, 0.4) is 0 Å². The van der Waals surface area contributed by atoms with Gasteiger partial charge in [0.05, 0.1) is 0 Å². The summed E-state index contributed by atoms with van der Waals surface area (Å²) in [4.78, 5) is 14.4. The van der Waals surface area contributed by atoms with Crippen molar-refractivity contribution in [2.75, 3.05) is 32.1 Å². The van der Waals surface area contributed by atoms with Crippen molar-refractivity contribution < 1.29 is 9.32 Å². The van der Waals surface area contributed by atoms with Gasteiger partial charge in [0.2, 0.25) is 0 Å². The molecule has 1 saturated heterocycles. The summed E-state index contributed by atoms with van der Waals surface area (Å²) in [6.07, 6.45) is 1.90. The Morgan fingerprint density at radius 1 is 1.57 bits per heavy atom. The Morgan fingerprint density at radius 2 is 2.33 bits per heavy atom. The van der Waals surface area contributed by atoms with Gasteiger partial charge < -0.3 is 14.7 Å². The molecule has 1 unspecified atom stereocenters. The molecule has 6 heteroatoms. The van der Waals surface area contributed by atoms with Crippen LogP contribution in [0.4, 0.5) is 0 Å². The van der Waals surface area contributed by atoms with Crippen molar-refractivity contribution in [1.29, 1.82) is 0 Å². The Kier molecular flexibility index (Phi) is 5.32. The normalized spacial score (nSPS) is 22.2. The van der Waals surface area contributed by atoms with E-state index in [-0.39, 0.29) is 11.4 Å². The van der Waals surface area contributed by atoms with Gasteiger partial charge in [0.1, 0.15) is 5.76 Å². The highest BCUT2D eigenvalue weighted by Gasteiger charge is 2.37. The van der Waals surface area contributed by atoms with E-state index in [2.05, 4.69) is 43.3 Å². The van der Waals surface area contributed by atoms with Gasteiger partial charge in [0.15, 0.2) is 5.69 Å². The first-order chi connectivity index (χ1) is 9.93. The third kappa shape index (κ3) is 4.01. The molecule has 1 atom stereocenters. The van der Waals surface area contributed by atoms with E-state index in [1.165, 1.54) is 0 Å². The number of aromatic nitrogens is 1. The van der Waals surface area contributed by atoms with Crippen molar-refractivity contribution in [2.24, 2.45) is 5.92 Å². The molecule has 0 aliphatic carbocycles. The van der Waals surface area contributed by atoms with Crippen LogP contribution in [0.5, 0.6) is 0 Å². The predicted octanol–water partition coefficient (Wildman–Crippen LogP) is 2.04. The largest absolute Gasteiger partial charge is 0.361 e. The van der Waals surface area contributed by atoms with E-state index in [1.54, 1.807) is 6.07 Å². The van der Waals surface area contributed by atoms with Gasteiger partial charge in [-0.25, -0.2) is 0 Å². The lowest BCUT2D eigenvalue weighted by Gasteiger charge is -2.35. The molecular formula is C15H25N3O2S. The number of carbonyl (C=O) groups excluding carboxylic acids is 1. The predicted molar refractivity (Wildman–Crippen MR) is 85.7 cm³/mol. The fourth-order valence-electron chi connectivity index (χ4n) is 2.50. The number of amides is 1. The zero-order valence-corrected chi connectivity index (χ0v) is 14.1. The van der Waals surface area contributed by atoms with Gasteiger partial charge in [-0.3, -0.25) is 4.79 Å². The third-order valence-electron chi connectivity index (χ3n) is 4.01. The van der Waals surface area contributed by atoms with Gasteiger partial charge in [-0.15, -0.1) is 0 Å². The zero-order valence-electron chi connectivity index (χ0n) is 13.3. The van der Waals surface area contributed by atoms with Crippen molar-refractivity contribution >= 4 is 17.7 Å². The highest BCUT2D eigenvalue weighted by Crippen LogP contribution is 2.31. The summed E-state index contributed by atoms with van der Waals surface area (Å²) in [5.74, 6) is 3.32. The average Bonchev–Trinajstić information content (AvgIpc) is 3.05.